The number of rotatable bonds is 8. The molecular weight excluding hydrogens is 412 g/mol. The number of imidazole rings is 1. The van der Waals surface area contributed by atoms with Crippen molar-refractivity contribution >= 4 is 22.9 Å². The van der Waals surface area contributed by atoms with Crippen molar-refractivity contribution in [3.63, 3.8) is 0 Å². The van der Waals surface area contributed by atoms with Gasteiger partial charge >= 0.3 is 0 Å². The van der Waals surface area contributed by atoms with Crippen molar-refractivity contribution in [2.45, 2.75) is 45.4 Å². The minimum Gasteiger partial charge on any atom is -0.364 e. The van der Waals surface area contributed by atoms with Gasteiger partial charge in [-0.2, -0.15) is 0 Å². The lowest BCUT2D eigenvalue weighted by molar-refractivity contribution is -0.161. The topological polar surface area (TPSA) is 75.9 Å². The quantitative estimate of drug-likeness (QED) is 0.410. The Morgan fingerprint density at radius 1 is 0.970 bits per heavy atom. The van der Waals surface area contributed by atoms with Gasteiger partial charge in [-0.15, -0.1) is 0 Å². The molecule has 1 amide bonds. The van der Waals surface area contributed by atoms with Gasteiger partial charge in [0, 0.05) is 19.1 Å². The molecule has 4 aromatic rings. The van der Waals surface area contributed by atoms with Gasteiger partial charge in [0.25, 0.3) is 0 Å². The van der Waals surface area contributed by atoms with Crippen LogP contribution in [0.3, 0.4) is 0 Å². The number of likely N-dealkylation sites (tertiary alicyclic amines) is 1. The fourth-order valence-electron chi connectivity index (χ4n) is 4.71. The standard InChI is InChI=1S/C26H28N6O/c1-18(2)32-23(20-11-7-4-8-12-20)21(26(32)33)13-14-31-17-30-22-24(28-16-29-25(22)31)27-15-19-9-5-3-6-10-19/h3-12,16-18,21,23H,13-15H2,1-2H3,(H,27,28,29)/t21-,23-/m1/s1. The molecule has 0 radical (unpaired) electrons. The molecule has 0 unspecified atom stereocenters. The molecule has 0 saturated carbocycles. The number of anilines is 1. The predicted molar refractivity (Wildman–Crippen MR) is 128 cm³/mol. The van der Waals surface area contributed by atoms with Crippen molar-refractivity contribution in [1.82, 2.24) is 24.4 Å². The zero-order valence-electron chi connectivity index (χ0n) is 18.9. The fraction of sp³-hybridized carbons (Fsp3) is 0.308. The van der Waals surface area contributed by atoms with E-state index in [1.807, 2.05) is 45.9 Å². The number of hydrogen-bond donors (Lipinski definition) is 1. The van der Waals surface area contributed by atoms with E-state index < -0.39 is 0 Å². The number of benzene rings is 2. The van der Waals surface area contributed by atoms with Gasteiger partial charge in [0.1, 0.15) is 11.8 Å². The molecule has 1 saturated heterocycles. The van der Waals surface area contributed by atoms with Crippen LogP contribution in [-0.2, 0) is 17.9 Å². The first-order valence-electron chi connectivity index (χ1n) is 11.4. The van der Waals surface area contributed by atoms with E-state index >= 15 is 0 Å². The van der Waals surface area contributed by atoms with Gasteiger partial charge in [0.2, 0.25) is 5.91 Å². The molecular formula is C26H28N6O. The maximum Gasteiger partial charge on any atom is 0.228 e. The molecule has 5 rings (SSSR count). The summed E-state index contributed by atoms with van der Waals surface area (Å²) in [5, 5.41) is 3.37. The Hall–Kier alpha value is -3.74. The molecule has 1 N–H and O–H groups in total. The molecule has 0 aliphatic carbocycles. The third-order valence-corrected chi connectivity index (χ3v) is 6.33. The molecule has 33 heavy (non-hydrogen) atoms. The summed E-state index contributed by atoms with van der Waals surface area (Å²) in [6.45, 7) is 5.50. The number of nitrogens with one attached hydrogen (secondary N) is 1. The van der Waals surface area contributed by atoms with Crippen molar-refractivity contribution < 1.29 is 4.79 Å². The van der Waals surface area contributed by atoms with Crippen molar-refractivity contribution in [1.29, 1.82) is 0 Å². The zero-order chi connectivity index (χ0) is 22.8. The number of hydrogen-bond acceptors (Lipinski definition) is 5. The molecule has 0 bridgehead atoms. The SMILES string of the molecule is CC(C)N1C(=O)[C@H](CCn2cnc3c(NCc4ccccc4)ncnc32)[C@H]1c1ccccc1. The number of carbonyl (C=O) groups is 1. The van der Waals surface area contributed by atoms with Gasteiger partial charge in [-0.1, -0.05) is 60.7 Å². The van der Waals surface area contributed by atoms with Crippen LogP contribution >= 0.6 is 0 Å². The van der Waals surface area contributed by atoms with Crippen LogP contribution in [0.4, 0.5) is 5.82 Å². The average Bonchev–Trinajstić information content (AvgIpc) is 3.26. The number of aryl methyl sites for hydroxylation is 1. The summed E-state index contributed by atoms with van der Waals surface area (Å²) in [6.07, 6.45) is 4.10. The van der Waals surface area contributed by atoms with Gasteiger partial charge < -0.3 is 14.8 Å². The number of β-lactam (4-membered cyclic amide) rings is 1. The Morgan fingerprint density at radius 3 is 2.42 bits per heavy atom. The van der Waals surface area contributed by atoms with Crippen LogP contribution in [-0.4, -0.2) is 36.4 Å². The number of aromatic nitrogens is 4. The highest BCUT2D eigenvalue weighted by atomic mass is 16.2. The Morgan fingerprint density at radius 2 is 1.70 bits per heavy atom. The maximum atomic E-state index is 12.9. The number of nitrogens with zero attached hydrogens (tertiary/aromatic N) is 5. The highest BCUT2D eigenvalue weighted by Crippen LogP contribution is 2.43. The monoisotopic (exact) mass is 440 g/mol. The van der Waals surface area contributed by atoms with Gasteiger partial charge in [-0.05, 0) is 31.4 Å². The predicted octanol–water partition coefficient (Wildman–Crippen LogP) is 4.44. The Labute approximate surface area is 193 Å². The van der Waals surface area contributed by atoms with Crippen LogP contribution in [0.15, 0.2) is 73.3 Å². The second-order valence-electron chi connectivity index (χ2n) is 8.76. The summed E-state index contributed by atoms with van der Waals surface area (Å²) in [5.41, 5.74) is 3.90. The maximum absolute atomic E-state index is 12.9. The summed E-state index contributed by atoms with van der Waals surface area (Å²) in [4.78, 5) is 28.4. The normalized spacial score (nSPS) is 18.0. The van der Waals surface area contributed by atoms with Crippen molar-refractivity contribution in [3.8, 4) is 0 Å². The van der Waals surface area contributed by atoms with E-state index in [4.69, 9.17) is 0 Å². The molecule has 2 atom stereocenters. The highest BCUT2D eigenvalue weighted by molar-refractivity contribution is 5.87. The van der Waals surface area contributed by atoms with Gasteiger partial charge in [-0.3, -0.25) is 4.79 Å². The summed E-state index contributed by atoms with van der Waals surface area (Å²) in [5.74, 6) is 0.906. The minimum absolute atomic E-state index is 0.0373. The summed E-state index contributed by atoms with van der Waals surface area (Å²) >= 11 is 0. The Balaban J connectivity index is 1.32. The lowest BCUT2D eigenvalue weighted by Gasteiger charge is -2.50. The van der Waals surface area contributed by atoms with Crippen LogP contribution in [0.2, 0.25) is 0 Å². The summed E-state index contributed by atoms with van der Waals surface area (Å²) in [7, 11) is 0. The molecule has 2 aromatic heterocycles. The van der Waals surface area contributed by atoms with Crippen molar-refractivity contribution in [2.24, 2.45) is 5.92 Å². The van der Waals surface area contributed by atoms with E-state index in [1.165, 1.54) is 11.1 Å². The first kappa shape index (κ1) is 21.1. The van der Waals surface area contributed by atoms with E-state index in [1.54, 1.807) is 12.7 Å². The largest absolute Gasteiger partial charge is 0.364 e. The van der Waals surface area contributed by atoms with Gasteiger partial charge in [0.05, 0.1) is 18.3 Å². The lowest BCUT2D eigenvalue weighted by atomic mass is 9.79. The molecule has 7 heteroatoms. The molecule has 1 aliphatic rings. The average molecular weight is 441 g/mol. The van der Waals surface area contributed by atoms with Crippen LogP contribution in [0.5, 0.6) is 0 Å². The van der Waals surface area contributed by atoms with Gasteiger partial charge in [0.15, 0.2) is 11.5 Å². The first-order chi connectivity index (χ1) is 16.1. The molecule has 1 aliphatic heterocycles. The number of fused-ring (bicyclic) bond motifs is 1. The van der Waals surface area contributed by atoms with E-state index in [-0.39, 0.29) is 23.9 Å². The molecule has 2 aromatic carbocycles. The number of amides is 1. The molecule has 1 fully saturated rings. The fourth-order valence-corrected chi connectivity index (χ4v) is 4.71. The summed E-state index contributed by atoms with van der Waals surface area (Å²) < 4.78 is 2.03. The zero-order valence-corrected chi connectivity index (χ0v) is 18.9. The first-order valence-corrected chi connectivity index (χ1v) is 11.4. The van der Waals surface area contributed by atoms with E-state index in [0.29, 0.717) is 13.1 Å². The van der Waals surface area contributed by atoms with Crippen LogP contribution in [0.25, 0.3) is 11.2 Å². The summed E-state index contributed by atoms with van der Waals surface area (Å²) in [6, 6.07) is 20.8. The second kappa shape index (κ2) is 9.02. The third kappa shape index (κ3) is 4.06. The van der Waals surface area contributed by atoms with Crippen molar-refractivity contribution in [3.05, 3.63) is 84.4 Å². The molecule has 0 spiro atoms. The van der Waals surface area contributed by atoms with E-state index in [0.717, 1.165) is 23.4 Å². The van der Waals surface area contributed by atoms with Crippen LogP contribution < -0.4 is 5.32 Å². The van der Waals surface area contributed by atoms with E-state index in [9.17, 15) is 4.79 Å². The Bertz CT molecular complexity index is 1240. The van der Waals surface area contributed by atoms with Gasteiger partial charge in [-0.25, -0.2) is 15.0 Å². The molecule has 3 heterocycles. The highest BCUT2D eigenvalue weighted by Gasteiger charge is 2.48. The molecule has 168 valence electrons. The van der Waals surface area contributed by atoms with Crippen LogP contribution in [0, 0.1) is 5.92 Å². The van der Waals surface area contributed by atoms with E-state index in [2.05, 4.69) is 58.4 Å². The van der Waals surface area contributed by atoms with Crippen LogP contribution in [0.1, 0.15) is 37.4 Å². The lowest BCUT2D eigenvalue weighted by Crippen LogP contribution is -2.57. The Kier molecular flexibility index (Phi) is 5.77. The third-order valence-electron chi connectivity index (χ3n) is 6.33. The molecule has 7 nitrogen and oxygen atoms in total. The minimum atomic E-state index is -0.0373. The van der Waals surface area contributed by atoms with Crippen molar-refractivity contribution in [2.75, 3.05) is 5.32 Å². The number of carbonyl (C=O) groups excluding carboxylic acids is 1. The second-order valence-corrected chi connectivity index (χ2v) is 8.76. The smallest absolute Gasteiger partial charge is 0.228 e.